The Morgan fingerprint density at radius 3 is 2.42 bits per heavy atom. The van der Waals surface area contributed by atoms with E-state index in [9.17, 15) is 9.59 Å². The summed E-state index contributed by atoms with van der Waals surface area (Å²) in [5, 5.41) is 5.36. The molecule has 19 heavy (non-hydrogen) atoms. The number of aromatic nitrogens is 1. The van der Waals surface area contributed by atoms with Crippen LogP contribution < -0.4 is 10.6 Å². The smallest absolute Gasteiger partial charge is 0.236 e. The lowest BCUT2D eigenvalue weighted by Crippen LogP contribution is -2.20. The van der Waals surface area contributed by atoms with Crippen molar-refractivity contribution in [1.29, 1.82) is 0 Å². The fourth-order valence-corrected chi connectivity index (χ4v) is 1.62. The van der Waals surface area contributed by atoms with Crippen molar-refractivity contribution in [2.24, 2.45) is 5.92 Å². The van der Waals surface area contributed by atoms with Crippen molar-refractivity contribution in [3.63, 3.8) is 0 Å². The van der Waals surface area contributed by atoms with Crippen molar-refractivity contribution < 1.29 is 9.59 Å². The summed E-state index contributed by atoms with van der Waals surface area (Å²) in [6.45, 7) is 1.76. The van der Waals surface area contributed by atoms with Gasteiger partial charge in [0.05, 0.1) is 5.92 Å². The zero-order chi connectivity index (χ0) is 13.7. The van der Waals surface area contributed by atoms with Crippen LogP contribution in [0.2, 0.25) is 0 Å². The Balaban J connectivity index is 2.02. The van der Waals surface area contributed by atoms with Gasteiger partial charge in [0.1, 0.15) is 11.6 Å². The number of carbonyl (C=O) groups is 2. The molecule has 98 valence electrons. The normalized spacial score (nSPS) is 13.5. The van der Waals surface area contributed by atoms with Crippen LogP contribution in [0.1, 0.15) is 13.3 Å². The van der Waals surface area contributed by atoms with E-state index in [1.54, 1.807) is 37.3 Å². The molecule has 0 aliphatic heterocycles. The van der Waals surface area contributed by atoms with Crippen molar-refractivity contribution >= 4 is 23.5 Å². The molecule has 0 saturated heterocycles. The van der Waals surface area contributed by atoms with E-state index in [-0.39, 0.29) is 17.7 Å². The molecule has 1 heterocycles. The number of hydrogen-bond donors (Lipinski definition) is 2. The van der Waals surface area contributed by atoms with E-state index < -0.39 is 0 Å². The summed E-state index contributed by atoms with van der Waals surface area (Å²) in [5.41, 5.74) is 0. The van der Waals surface area contributed by atoms with E-state index in [0.717, 1.165) is 0 Å². The Hall–Kier alpha value is -2.43. The Bertz CT molecular complexity index is 537. The van der Waals surface area contributed by atoms with Gasteiger partial charge < -0.3 is 10.6 Å². The molecule has 0 saturated carbocycles. The van der Waals surface area contributed by atoms with E-state index >= 15 is 0 Å². The Labute approximate surface area is 111 Å². The van der Waals surface area contributed by atoms with Crippen LogP contribution in [0, 0.1) is 5.92 Å². The lowest BCUT2D eigenvalue weighted by molar-refractivity contribution is -0.117. The van der Waals surface area contributed by atoms with Gasteiger partial charge in [-0.2, -0.15) is 0 Å². The molecule has 0 bridgehead atoms. The number of nitrogens with zero attached hydrogens (tertiary/aromatic N) is 1. The minimum absolute atomic E-state index is 0.113. The highest BCUT2D eigenvalue weighted by molar-refractivity contribution is 5.95. The van der Waals surface area contributed by atoms with Crippen molar-refractivity contribution in [1.82, 2.24) is 4.98 Å². The molecule has 0 spiro atoms. The number of pyridine rings is 1. The molecule has 0 unspecified atom stereocenters. The second-order valence-corrected chi connectivity index (χ2v) is 4.09. The molecule has 2 N–H and O–H groups in total. The number of nitrogens with one attached hydrogen (secondary N) is 2. The fourth-order valence-electron chi connectivity index (χ4n) is 1.62. The summed E-state index contributed by atoms with van der Waals surface area (Å²) in [6, 6.07) is 5.09. The standard InChI is InChI=1S/C14H15N3O2/c1-2-13(18)16-11-8-5-9-12(15-11)17-14(19)10-6-3-4-7-10/h3-10H,2H2,1H3,(H2,15,16,17,18,19). The third-order valence-corrected chi connectivity index (χ3v) is 2.64. The van der Waals surface area contributed by atoms with Gasteiger partial charge in [0.2, 0.25) is 11.8 Å². The monoisotopic (exact) mass is 257 g/mol. The van der Waals surface area contributed by atoms with Gasteiger partial charge in [-0.25, -0.2) is 4.98 Å². The van der Waals surface area contributed by atoms with Crippen LogP contribution in [0.5, 0.6) is 0 Å². The summed E-state index contributed by atoms with van der Waals surface area (Å²) in [6.07, 6.45) is 7.65. The highest BCUT2D eigenvalue weighted by Gasteiger charge is 2.14. The molecule has 1 aromatic rings. The van der Waals surface area contributed by atoms with Crippen molar-refractivity contribution in [2.75, 3.05) is 10.6 Å². The third-order valence-electron chi connectivity index (χ3n) is 2.64. The predicted molar refractivity (Wildman–Crippen MR) is 73.6 cm³/mol. The predicted octanol–water partition coefficient (Wildman–Crippen LogP) is 2.11. The van der Waals surface area contributed by atoms with Crippen LogP contribution in [-0.2, 0) is 9.59 Å². The highest BCUT2D eigenvalue weighted by Crippen LogP contribution is 2.14. The van der Waals surface area contributed by atoms with Crippen LogP contribution in [0.25, 0.3) is 0 Å². The van der Waals surface area contributed by atoms with Gasteiger partial charge in [-0.15, -0.1) is 0 Å². The van der Waals surface area contributed by atoms with Gasteiger partial charge in [0.15, 0.2) is 0 Å². The third kappa shape index (κ3) is 3.51. The maximum Gasteiger partial charge on any atom is 0.236 e. The number of anilines is 2. The summed E-state index contributed by atoms with van der Waals surface area (Å²) < 4.78 is 0. The van der Waals surface area contributed by atoms with Crippen LogP contribution in [-0.4, -0.2) is 16.8 Å². The van der Waals surface area contributed by atoms with Crippen molar-refractivity contribution in [3.05, 3.63) is 42.5 Å². The number of rotatable bonds is 4. The maximum absolute atomic E-state index is 11.9. The Morgan fingerprint density at radius 2 is 1.79 bits per heavy atom. The van der Waals surface area contributed by atoms with Gasteiger partial charge in [-0.1, -0.05) is 37.3 Å². The number of carbonyl (C=O) groups excluding carboxylic acids is 2. The van der Waals surface area contributed by atoms with Crippen molar-refractivity contribution in [3.8, 4) is 0 Å². The second-order valence-electron chi connectivity index (χ2n) is 4.09. The Morgan fingerprint density at radius 1 is 1.16 bits per heavy atom. The number of amides is 2. The topological polar surface area (TPSA) is 71.1 Å². The molecule has 0 radical (unpaired) electrons. The van der Waals surface area contributed by atoms with Crippen molar-refractivity contribution in [2.45, 2.75) is 13.3 Å². The summed E-state index contributed by atoms with van der Waals surface area (Å²) in [5.74, 6) is 0.347. The van der Waals surface area contributed by atoms with E-state index in [4.69, 9.17) is 0 Å². The van der Waals surface area contributed by atoms with Crippen LogP contribution in [0.3, 0.4) is 0 Å². The lowest BCUT2D eigenvalue weighted by Gasteiger charge is -2.09. The minimum atomic E-state index is -0.254. The Kier molecular flexibility index (Phi) is 4.07. The van der Waals surface area contributed by atoms with Crippen LogP contribution >= 0.6 is 0 Å². The summed E-state index contributed by atoms with van der Waals surface area (Å²) in [4.78, 5) is 27.3. The number of allylic oxidation sites excluding steroid dienone is 2. The van der Waals surface area contributed by atoms with Crippen LogP contribution in [0.4, 0.5) is 11.6 Å². The largest absolute Gasteiger partial charge is 0.311 e. The summed E-state index contributed by atoms with van der Waals surface area (Å²) in [7, 11) is 0. The van der Waals surface area contributed by atoms with Gasteiger partial charge in [-0.05, 0) is 12.1 Å². The molecule has 2 rings (SSSR count). The lowest BCUT2D eigenvalue weighted by atomic mass is 10.1. The quantitative estimate of drug-likeness (QED) is 0.867. The average molecular weight is 257 g/mol. The molecule has 2 amide bonds. The first-order valence-corrected chi connectivity index (χ1v) is 6.12. The SMILES string of the molecule is CCC(=O)Nc1cccc(NC(=O)C2C=CC=C2)n1. The molecular formula is C14H15N3O2. The first-order chi connectivity index (χ1) is 9.19. The zero-order valence-electron chi connectivity index (χ0n) is 10.6. The molecule has 0 atom stereocenters. The van der Waals surface area contributed by atoms with Gasteiger partial charge in [0, 0.05) is 6.42 Å². The average Bonchev–Trinajstić information content (AvgIpc) is 2.93. The highest BCUT2D eigenvalue weighted by atomic mass is 16.2. The van der Waals surface area contributed by atoms with E-state index in [1.807, 2.05) is 12.2 Å². The maximum atomic E-state index is 11.9. The summed E-state index contributed by atoms with van der Waals surface area (Å²) >= 11 is 0. The van der Waals surface area contributed by atoms with E-state index in [1.165, 1.54) is 0 Å². The van der Waals surface area contributed by atoms with Crippen LogP contribution in [0.15, 0.2) is 42.5 Å². The molecule has 0 aromatic carbocycles. The van der Waals surface area contributed by atoms with E-state index in [2.05, 4.69) is 15.6 Å². The molecule has 0 fully saturated rings. The first-order valence-electron chi connectivity index (χ1n) is 6.12. The molecule has 5 heteroatoms. The molecule has 5 nitrogen and oxygen atoms in total. The molecule has 1 aliphatic rings. The molecule has 1 aromatic heterocycles. The first kappa shape index (κ1) is 13.0. The van der Waals surface area contributed by atoms with Gasteiger partial charge in [0.25, 0.3) is 0 Å². The van der Waals surface area contributed by atoms with E-state index in [0.29, 0.717) is 18.1 Å². The number of hydrogen-bond acceptors (Lipinski definition) is 3. The van der Waals surface area contributed by atoms with Gasteiger partial charge in [-0.3, -0.25) is 9.59 Å². The molecular weight excluding hydrogens is 242 g/mol. The second kappa shape index (κ2) is 5.95. The zero-order valence-corrected chi connectivity index (χ0v) is 10.6. The molecule has 1 aliphatic carbocycles. The fraction of sp³-hybridized carbons (Fsp3) is 0.214. The van der Waals surface area contributed by atoms with Gasteiger partial charge >= 0.3 is 0 Å². The minimum Gasteiger partial charge on any atom is -0.311 e.